The van der Waals surface area contributed by atoms with Crippen molar-refractivity contribution >= 4 is 0 Å². The predicted molar refractivity (Wildman–Crippen MR) is 55.5 cm³/mol. The Hall–Kier alpha value is -0.590. The third kappa shape index (κ3) is 1.92. The lowest BCUT2D eigenvalue weighted by Crippen LogP contribution is -2.39. The molecule has 0 spiro atoms. The number of nitrogens with zero attached hydrogens (tertiary/aromatic N) is 2. The zero-order valence-electron chi connectivity index (χ0n) is 8.71. The van der Waals surface area contributed by atoms with Crippen LogP contribution in [-0.4, -0.2) is 30.6 Å². The van der Waals surface area contributed by atoms with Crippen LogP contribution in [0, 0.1) is 16.7 Å². The lowest BCUT2D eigenvalue weighted by molar-refractivity contribution is 0.208. The molecule has 1 saturated carbocycles. The summed E-state index contributed by atoms with van der Waals surface area (Å²) in [7, 11) is 0. The van der Waals surface area contributed by atoms with Crippen molar-refractivity contribution in [1.29, 1.82) is 5.26 Å². The van der Waals surface area contributed by atoms with Crippen molar-refractivity contribution < 1.29 is 0 Å². The normalized spacial score (nSPS) is 30.1. The molecule has 1 aliphatic heterocycles. The van der Waals surface area contributed by atoms with Crippen LogP contribution >= 0.6 is 0 Å². The predicted octanol–water partition coefficient (Wildman–Crippen LogP) is 1.10. The Morgan fingerprint density at radius 3 is 2.86 bits per heavy atom. The highest BCUT2D eigenvalue weighted by atomic mass is 15.2. The molecule has 3 heteroatoms. The molecule has 2 aliphatic rings. The number of nitriles is 1. The van der Waals surface area contributed by atoms with E-state index in [1.54, 1.807) is 0 Å². The van der Waals surface area contributed by atoms with Gasteiger partial charge in [0.05, 0.1) is 6.07 Å². The molecular formula is C11H19N3. The van der Waals surface area contributed by atoms with E-state index < -0.39 is 0 Å². The van der Waals surface area contributed by atoms with Crippen molar-refractivity contribution in [3.05, 3.63) is 0 Å². The van der Waals surface area contributed by atoms with Gasteiger partial charge in [0, 0.05) is 25.6 Å². The summed E-state index contributed by atoms with van der Waals surface area (Å²) < 4.78 is 0. The van der Waals surface area contributed by atoms with E-state index in [9.17, 15) is 0 Å². The molecule has 1 unspecified atom stereocenters. The summed E-state index contributed by atoms with van der Waals surface area (Å²) in [5, 5.41) is 8.75. The SMILES string of the molecule is N#CCC1(CN2CCCC2CN)CC1. The second-order valence-electron chi connectivity index (χ2n) is 4.84. The van der Waals surface area contributed by atoms with Crippen LogP contribution in [0.2, 0.25) is 0 Å². The fourth-order valence-electron chi connectivity index (χ4n) is 2.54. The van der Waals surface area contributed by atoms with Crippen molar-refractivity contribution in [2.45, 2.75) is 38.1 Å². The van der Waals surface area contributed by atoms with Crippen molar-refractivity contribution in [3.63, 3.8) is 0 Å². The molecule has 0 bridgehead atoms. The molecule has 14 heavy (non-hydrogen) atoms. The molecule has 2 N–H and O–H groups in total. The fraction of sp³-hybridized carbons (Fsp3) is 0.909. The van der Waals surface area contributed by atoms with Gasteiger partial charge < -0.3 is 5.73 Å². The average Bonchev–Trinajstić information content (AvgIpc) is 2.79. The van der Waals surface area contributed by atoms with Gasteiger partial charge in [0.2, 0.25) is 0 Å². The summed E-state index contributed by atoms with van der Waals surface area (Å²) in [5.41, 5.74) is 6.08. The Morgan fingerprint density at radius 1 is 1.50 bits per heavy atom. The van der Waals surface area contributed by atoms with Gasteiger partial charge in [-0.2, -0.15) is 5.26 Å². The van der Waals surface area contributed by atoms with Crippen LogP contribution in [0.5, 0.6) is 0 Å². The first-order chi connectivity index (χ1) is 6.79. The van der Waals surface area contributed by atoms with E-state index >= 15 is 0 Å². The van der Waals surface area contributed by atoms with Crippen LogP contribution in [-0.2, 0) is 0 Å². The lowest BCUT2D eigenvalue weighted by Gasteiger charge is -2.27. The Kier molecular flexibility index (Phi) is 2.76. The van der Waals surface area contributed by atoms with Crippen LogP contribution in [0.3, 0.4) is 0 Å². The monoisotopic (exact) mass is 193 g/mol. The standard InChI is InChI=1S/C11H19N3/c12-6-5-11(3-4-11)9-14-7-1-2-10(14)8-13/h10H,1-5,7-9,13H2. The maximum absolute atomic E-state index is 8.75. The molecule has 78 valence electrons. The Morgan fingerprint density at radius 2 is 2.29 bits per heavy atom. The van der Waals surface area contributed by atoms with Gasteiger partial charge in [-0.3, -0.25) is 4.90 Å². The lowest BCUT2D eigenvalue weighted by atomic mass is 10.0. The minimum atomic E-state index is 0.354. The summed E-state index contributed by atoms with van der Waals surface area (Å²) in [6, 6.07) is 2.91. The fourth-order valence-corrected chi connectivity index (χ4v) is 2.54. The molecule has 1 atom stereocenters. The summed E-state index contributed by atoms with van der Waals surface area (Å²) in [5.74, 6) is 0. The summed E-state index contributed by atoms with van der Waals surface area (Å²) >= 11 is 0. The average molecular weight is 193 g/mol. The van der Waals surface area contributed by atoms with Crippen molar-refractivity contribution in [1.82, 2.24) is 4.90 Å². The Balaban J connectivity index is 1.88. The largest absolute Gasteiger partial charge is 0.329 e. The third-order valence-electron chi connectivity index (χ3n) is 3.72. The van der Waals surface area contributed by atoms with E-state index in [0.29, 0.717) is 11.5 Å². The van der Waals surface area contributed by atoms with Gasteiger partial charge in [0.1, 0.15) is 0 Å². The zero-order valence-corrected chi connectivity index (χ0v) is 8.71. The highest BCUT2D eigenvalue weighted by molar-refractivity contribution is 5.02. The number of nitrogens with two attached hydrogens (primary N) is 1. The number of hydrogen-bond donors (Lipinski definition) is 1. The van der Waals surface area contributed by atoms with Gasteiger partial charge in [-0.25, -0.2) is 0 Å². The van der Waals surface area contributed by atoms with Crippen LogP contribution in [0.4, 0.5) is 0 Å². The molecule has 0 aromatic heterocycles. The van der Waals surface area contributed by atoms with Gasteiger partial charge >= 0.3 is 0 Å². The first kappa shape index (κ1) is 9.95. The van der Waals surface area contributed by atoms with Crippen LogP contribution < -0.4 is 5.73 Å². The smallest absolute Gasteiger partial charge is 0.0628 e. The van der Waals surface area contributed by atoms with Gasteiger partial charge in [-0.15, -0.1) is 0 Å². The van der Waals surface area contributed by atoms with Gasteiger partial charge in [0.25, 0.3) is 0 Å². The molecule has 0 aromatic rings. The van der Waals surface area contributed by atoms with Crippen LogP contribution in [0.25, 0.3) is 0 Å². The first-order valence-electron chi connectivity index (χ1n) is 5.61. The zero-order chi connectivity index (χ0) is 10.0. The highest BCUT2D eigenvalue weighted by Gasteiger charge is 2.45. The summed E-state index contributed by atoms with van der Waals surface area (Å²) in [6.07, 6.45) is 5.76. The molecule has 2 rings (SSSR count). The Bertz CT molecular complexity index is 239. The molecule has 2 fully saturated rings. The number of likely N-dealkylation sites (tertiary alicyclic amines) is 1. The van der Waals surface area contributed by atoms with E-state index in [4.69, 9.17) is 11.0 Å². The molecule has 0 radical (unpaired) electrons. The molecule has 3 nitrogen and oxygen atoms in total. The minimum absolute atomic E-state index is 0.354. The molecule has 1 saturated heterocycles. The van der Waals surface area contributed by atoms with Gasteiger partial charge in [-0.05, 0) is 37.6 Å². The van der Waals surface area contributed by atoms with Crippen LogP contribution in [0.1, 0.15) is 32.1 Å². The Labute approximate surface area is 85.9 Å². The second-order valence-corrected chi connectivity index (χ2v) is 4.84. The molecule has 0 aromatic carbocycles. The quantitative estimate of drug-likeness (QED) is 0.727. The summed E-state index contributed by atoms with van der Waals surface area (Å²) in [4.78, 5) is 2.50. The second kappa shape index (κ2) is 3.88. The van der Waals surface area contributed by atoms with Crippen molar-refractivity contribution in [2.24, 2.45) is 11.1 Å². The third-order valence-corrected chi connectivity index (χ3v) is 3.72. The van der Waals surface area contributed by atoms with Crippen LogP contribution in [0.15, 0.2) is 0 Å². The van der Waals surface area contributed by atoms with E-state index in [1.807, 2.05) is 0 Å². The van der Waals surface area contributed by atoms with E-state index in [2.05, 4.69) is 11.0 Å². The van der Waals surface area contributed by atoms with E-state index in [-0.39, 0.29) is 0 Å². The van der Waals surface area contributed by atoms with Crippen molar-refractivity contribution in [3.8, 4) is 6.07 Å². The molecule has 1 aliphatic carbocycles. The first-order valence-corrected chi connectivity index (χ1v) is 5.61. The molecule has 1 heterocycles. The molecular weight excluding hydrogens is 174 g/mol. The van der Waals surface area contributed by atoms with E-state index in [0.717, 1.165) is 19.5 Å². The maximum atomic E-state index is 8.75. The highest BCUT2D eigenvalue weighted by Crippen LogP contribution is 2.49. The van der Waals surface area contributed by atoms with Gasteiger partial charge in [-0.1, -0.05) is 0 Å². The van der Waals surface area contributed by atoms with Crippen molar-refractivity contribution in [2.75, 3.05) is 19.6 Å². The maximum Gasteiger partial charge on any atom is 0.0628 e. The van der Waals surface area contributed by atoms with E-state index in [1.165, 1.54) is 32.2 Å². The number of rotatable bonds is 4. The van der Waals surface area contributed by atoms with Gasteiger partial charge in [0.15, 0.2) is 0 Å². The summed E-state index contributed by atoms with van der Waals surface area (Å²) in [6.45, 7) is 3.08. The molecule has 0 amide bonds. The topological polar surface area (TPSA) is 53.0 Å². The minimum Gasteiger partial charge on any atom is -0.329 e. The number of hydrogen-bond acceptors (Lipinski definition) is 3.